The van der Waals surface area contributed by atoms with Crippen molar-refractivity contribution >= 4 is 28.9 Å². The quantitative estimate of drug-likeness (QED) is 0.631. The molecule has 0 saturated heterocycles. The fraction of sp³-hybridized carbons (Fsp3) is 0.136. The van der Waals surface area contributed by atoms with Gasteiger partial charge in [-0.2, -0.15) is 0 Å². The minimum atomic E-state index is -0.295. The smallest absolute Gasteiger partial charge is 0.262 e. The average molecular weight is 363 g/mol. The van der Waals surface area contributed by atoms with Gasteiger partial charge in [0.2, 0.25) is 0 Å². The van der Waals surface area contributed by atoms with Crippen molar-refractivity contribution in [2.24, 2.45) is 0 Å². The highest BCUT2D eigenvalue weighted by Crippen LogP contribution is 2.37. The van der Waals surface area contributed by atoms with Crippen LogP contribution in [0, 0.1) is 13.8 Å². The van der Waals surface area contributed by atoms with Crippen molar-refractivity contribution < 1.29 is 4.79 Å². The van der Waals surface area contributed by atoms with E-state index in [-0.39, 0.29) is 12.1 Å². The SMILES string of the molecule is Cc1cc(C)cc(N2C(=O)c3ccccc3N[C@@H]2c2ccc(Cl)cc2)c1. The molecule has 3 aromatic carbocycles. The molecule has 0 spiro atoms. The Balaban J connectivity index is 1.88. The molecular formula is C22H19ClN2O. The summed E-state index contributed by atoms with van der Waals surface area (Å²) in [5.74, 6) is -0.00991. The Hall–Kier alpha value is -2.78. The van der Waals surface area contributed by atoms with E-state index in [0.717, 1.165) is 28.1 Å². The molecule has 0 aliphatic carbocycles. The fourth-order valence-corrected chi connectivity index (χ4v) is 3.61. The van der Waals surface area contributed by atoms with E-state index in [1.54, 1.807) is 0 Å². The molecule has 0 aromatic heterocycles. The van der Waals surface area contributed by atoms with Crippen LogP contribution in [0.2, 0.25) is 5.02 Å². The number of rotatable bonds is 2. The summed E-state index contributed by atoms with van der Waals surface area (Å²) in [7, 11) is 0. The number of anilines is 2. The zero-order valence-electron chi connectivity index (χ0n) is 14.7. The van der Waals surface area contributed by atoms with Crippen LogP contribution in [0.1, 0.15) is 33.2 Å². The highest BCUT2D eigenvalue weighted by Gasteiger charge is 2.34. The molecule has 1 aliphatic rings. The molecule has 1 atom stereocenters. The van der Waals surface area contributed by atoms with Gasteiger partial charge in [0.1, 0.15) is 6.17 Å². The van der Waals surface area contributed by atoms with Crippen LogP contribution in [0.5, 0.6) is 0 Å². The monoisotopic (exact) mass is 362 g/mol. The zero-order chi connectivity index (χ0) is 18.3. The van der Waals surface area contributed by atoms with E-state index >= 15 is 0 Å². The number of hydrogen-bond acceptors (Lipinski definition) is 2. The first kappa shape index (κ1) is 16.7. The number of aryl methyl sites for hydroxylation is 2. The minimum absolute atomic E-state index is 0.00991. The number of hydrogen-bond donors (Lipinski definition) is 1. The number of nitrogens with zero attached hydrogens (tertiary/aromatic N) is 1. The molecule has 26 heavy (non-hydrogen) atoms. The Morgan fingerprint density at radius 1 is 0.923 bits per heavy atom. The standard InChI is InChI=1S/C22H19ClN2O/c1-14-11-15(2)13-18(12-14)25-21(16-7-9-17(23)10-8-16)24-20-6-4-3-5-19(20)22(25)26/h3-13,21,24H,1-2H3/t21-/m0/s1. The lowest BCUT2D eigenvalue weighted by Crippen LogP contribution is -2.43. The van der Waals surface area contributed by atoms with E-state index in [2.05, 4.69) is 11.4 Å². The van der Waals surface area contributed by atoms with Gasteiger partial charge in [0.05, 0.1) is 5.56 Å². The molecule has 0 saturated carbocycles. The van der Waals surface area contributed by atoms with Crippen LogP contribution in [-0.2, 0) is 0 Å². The molecule has 4 rings (SSSR count). The number of carbonyl (C=O) groups excluding carboxylic acids is 1. The lowest BCUT2D eigenvalue weighted by atomic mass is 10.0. The first-order chi connectivity index (χ1) is 12.5. The molecular weight excluding hydrogens is 344 g/mol. The van der Waals surface area contributed by atoms with Crippen molar-refractivity contribution in [3.05, 3.63) is 94.0 Å². The normalized spacial score (nSPS) is 16.2. The maximum Gasteiger partial charge on any atom is 0.262 e. The van der Waals surface area contributed by atoms with Gasteiger partial charge in [-0.05, 0) is 66.9 Å². The van der Waals surface area contributed by atoms with Gasteiger partial charge in [0.15, 0.2) is 0 Å². The summed E-state index contributed by atoms with van der Waals surface area (Å²) >= 11 is 6.05. The average Bonchev–Trinajstić information content (AvgIpc) is 2.61. The van der Waals surface area contributed by atoms with Gasteiger partial charge in [-0.1, -0.05) is 41.9 Å². The largest absolute Gasteiger partial charge is 0.360 e. The van der Waals surface area contributed by atoms with E-state index in [0.29, 0.717) is 10.6 Å². The second kappa shape index (κ2) is 6.50. The summed E-state index contributed by atoms with van der Waals surface area (Å²) in [5.41, 5.74) is 5.64. The first-order valence-electron chi connectivity index (χ1n) is 8.56. The summed E-state index contributed by atoms with van der Waals surface area (Å²) in [4.78, 5) is 15.2. The van der Waals surface area contributed by atoms with Gasteiger partial charge >= 0.3 is 0 Å². The highest BCUT2D eigenvalue weighted by atomic mass is 35.5. The predicted octanol–water partition coefficient (Wildman–Crippen LogP) is 5.73. The molecule has 1 N–H and O–H groups in total. The van der Waals surface area contributed by atoms with Crippen LogP contribution in [0.3, 0.4) is 0 Å². The molecule has 3 nitrogen and oxygen atoms in total. The van der Waals surface area contributed by atoms with E-state index in [1.165, 1.54) is 0 Å². The summed E-state index contributed by atoms with van der Waals surface area (Å²) in [5, 5.41) is 4.19. The lowest BCUT2D eigenvalue weighted by Gasteiger charge is -2.38. The van der Waals surface area contributed by atoms with Gasteiger partial charge in [-0.25, -0.2) is 0 Å². The van der Waals surface area contributed by atoms with E-state index in [9.17, 15) is 4.79 Å². The van der Waals surface area contributed by atoms with Crippen LogP contribution in [0.15, 0.2) is 66.7 Å². The number of carbonyl (C=O) groups is 1. The maximum absolute atomic E-state index is 13.4. The third-order valence-electron chi connectivity index (χ3n) is 4.60. The van der Waals surface area contributed by atoms with Crippen LogP contribution in [0.25, 0.3) is 0 Å². The highest BCUT2D eigenvalue weighted by molar-refractivity contribution is 6.30. The van der Waals surface area contributed by atoms with Crippen LogP contribution in [-0.4, -0.2) is 5.91 Å². The third-order valence-corrected chi connectivity index (χ3v) is 4.85. The second-order valence-corrected chi connectivity index (χ2v) is 7.10. The van der Waals surface area contributed by atoms with E-state index in [1.807, 2.05) is 79.4 Å². The van der Waals surface area contributed by atoms with Gasteiger partial charge in [-0.3, -0.25) is 9.69 Å². The molecule has 1 heterocycles. The van der Waals surface area contributed by atoms with Gasteiger partial charge in [0, 0.05) is 16.4 Å². The van der Waals surface area contributed by atoms with Crippen LogP contribution in [0.4, 0.5) is 11.4 Å². The first-order valence-corrected chi connectivity index (χ1v) is 8.93. The molecule has 4 heteroatoms. The number of halogens is 1. The van der Waals surface area contributed by atoms with Crippen molar-refractivity contribution in [2.75, 3.05) is 10.2 Å². The molecule has 130 valence electrons. The van der Waals surface area contributed by atoms with Gasteiger partial charge in [0.25, 0.3) is 5.91 Å². The van der Waals surface area contributed by atoms with E-state index < -0.39 is 0 Å². The number of para-hydroxylation sites is 1. The molecule has 0 radical (unpaired) electrons. The summed E-state index contributed by atoms with van der Waals surface area (Å²) in [6.07, 6.45) is -0.295. The molecule has 0 fully saturated rings. The minimum Gasteiger partial charge on any atom is -0.360 e. The Morgan fingerprint density at radius 2 is 1.58 bits per heavy atom. The summed E-state index contributed by atoms with van der Waals surface area (Å²) in [6.45, 7) is 4.09. The molecule has 0 bridgehead atoms. The maximum atomic E-state index is 13.4. The zero-order valence-corrected chi connectivity index (χ0v) is 15.4. The topological polar surface area (TPSA) is 32.3 Å². The Kier molecular flexibility index (Phi) is 4.17. The van der Waals surface area contributed by atoms with E-state index in [4.69, 9.17) is 11.6 Å². The van der Waals surface area contributed by atoms with Crippen LogP contribution >= 0.6 is 11.6 Å². The Labute approximate surface area is 158 Å². The molecule has 1 amide bonds. The predicted molar refractivity (Wildman–Crippen MR) is 107 cm³/mol. The van der Waals surface area contributed by atoms with Gasteiger partial charge < -0.3 is 5.32 Å². The van der Waals surface area contributed by atoms with Crippen molar-refractivity contribution in [3.8, 4) is 0 Å². The second-order valence-electron chi connectivity index (χ2n) is 6.67. The summed E-state index contributed by atoms with van der Waals surface area (Å²) in [6, 6.07) is 21.4. The summed E-state index contributed by atoms with van der Waals surface area (Å²) < 4.78 is 0. The number of nitrogens with one attached hydrogen (secondary N) is 1. The van der Waals surface area contributed by atoms with Crippen molar-refractivity contribution in [1.82, 2.24) is 0 Å². The molecule has 3 aromatic rings. The Bertz CT molecular complexity index is 961. The number of fused-ring (bicyclic) bond motifs is 1. The number of benzene rings is 3. The number of amides is 1. The van der Waals surface area contributed by atoms with Crippen molar-refractivity contribution in [1.29, 1.82) is 0 Å². The Morgan fingerprint density at radius 3 is 2.27 bits per heavy atom. The lowest BCUT2D eigenvalue weighted by molar-refractivity contribution is 0.0975. The van der Waals surface area contributed by atoms with Crippen molar-refractivity contribution in [2.45, 2.75) is 20.0 Å². The third kappa shape index (κ3) is 2.95. The fourth-order valence-electron chi connectivity index (χ4n) is 3.49. The van der Waals surface area contributed by atoms with Crippen molar-refractivity contribution in [3.63, 3.8) is 0 Å². The van der Waals surface area contributed by atoms with Crippen LogP contribution < -0.4 is 10.2 Å². The van der Waals surface area contributed by atoms with Gasteiger partial charge in [-0.15, -0.1) is 0 Å². The molecule has 1 aliphatic heterocycles. The molecule has 0 unspecified atom stereocenters.